The highest BCUT2D eigenvalue weighted by atomic mass is 32.1. The van der Waals surface area contributed by atoms with E-state index in [-0.39, 0.29) is 25.0 Å². The van der Waals surface area contributed by atoms with Gasteiger partial charge in [0.05, 0.1) is 12.6 Å². The van der Waals surface area contributed by atoms with Gasteiger partial charge in [-0.1, -0.05) is 0 Å². The van der Waals surface area contributed by atoms with Gasteiger partial charge < -0.3 is 37.6 Å². The zero-order valence-electron chi connectivity index (χ0n) is 15.4. The first-order valence-electron chi connectivity index (χ1n) is 8.44. The van der Waals surface area contributed by atoms with Gasteiger partial charge in [-0.3, -0.25) is 24.0 Å². The van der Waals surface area contributed by atoms with Crippen LogP contribution < -0.4 is 27.4 Å². The Morgan fingerprint density at radius 3 is 2.00 bits per heavy atom. The fraction of sp³-hybridized carbons (Fsp3) is 0.600. The standard InChI is InChI=1S/C15H25N5O8S/c16-7(1-3-10(17)21)13(25)20-9(6-29)14(26)18-5-11(22)19-8(15(27)28)2-4-12(23)24/h7-9,29H,1-6,16H2,(H2,17,21)(H,18,26)(H,19,22)(H,20,25)(H,23,24)(H,27,28). The lowest BCUT2D eigenvalue weighted by Gasteiger charge is -2.19. The molecular formula is C15H25N5O8S. The predicted octanol–water partition coefficient (Wildman–Crippen LogP) is -3.46. The molecule has 4 amide bonds. The number of carboxylic acids is 2. The highest BCUT2D eigenvalue weighted by Crippen LogP contribution is 1.99. The number of carbonyl (C=O) groups excluding carboxylic acids is 4. The minimum atomic E-state index is -1.43. The lowest BCUT2D eigenvalue weighted by molar-refractivity contribution is -0.143. The van der Waals surface area contributed by atoms with E-state index in [9.17, 15) is 28.8 Å². The Hall–Kier alpha value is -2.87. The molecule has 0 aliphatic rings. The number of thiol groups is 1. The number of carbonyl (C=O) groups is 6. The van der Waals surface area contributed by atoms with E-state index < -0.39 is 66.7 Å². The van der Waals surface area contributed by atoms with Crippen LogP contribution in [0.4, 0.5) is 0 Å². The molecule has 3 atom stereocenters. The summed E-state index contributed by atoms with van der Waals surface area (Å²) in [5, 5.41) is 24.1. The topological polar surface area (TPSA) is 231 Å². The molecule has 9 N–H and O–H groups in total. The number of aliphatic carboxylic acids is 2. The van der Waals surface area contributed by atoms with Crippen LogP contribution in [0.2, 0.25) is 0 Å². The maximum absolute atomic E-state index is 12.1. The van der Waals surface area contributed by atoms with Gasteiger partial charge in [0.2, 0.25) is 23.6 Å². The molecule has 0 aliphatic carbocycles. The number of primary amides is 1. The van der Waals surface area contributed by atoms with Crippen molar-refractivity contribution in [1.29, 1.82) is 0 Å². The van der Waals surface area contributed by atoms with Gasteiger partial charge >= 0.3 is 11.9 Å². The van der Waals surface area contributed by atoms with Crippen LogP contribution in [0.5, 0.6) is 0 Å². The Bertz CT molecular complexity index is 644. The maximum atomic E-state index is 12.1. The van der Waals surface area contributed by atoms with Crippen molar-refractivity contribution in [2.45, 2.75) is 43.8 Å². The highest BCUT2D eigenvalue weighted by molar-refractivity contribution is 7.80. The second-order valence-electron chi connectivity index (χ2n) is 5.96. The predicted molar refractivity (Wildman–Crippen MR) is 102 cm³/mol. The lowest BCUT2D eigenvalue weighted by Crippen LogP contribution is -2.54. The van der Waals surface area contributed by atoms with E-state index in [0.717, 1.165) is 0 Å². The summed E-state index contributed by atoms with van der Waals surface area (Å²) in [5.74, 6) is -5.76. The molecule has 164 valence electrons. The molecule has 0 aromatic carbocycles. The molecule has 14 heteroatoms. The molecule has 0 aromatic rings. The van der Waals surface area contributed by atoms with Crippen LogP contribution in [0.1, 0.15) is 25.7 Å². The van der Waals surface area contributed by atoms with E-state index in [1.54, 1.807) is 0 Å². The Morgan fingerprint density at radius 1 is 0.897 bits per heavy atom. The van der Waals surface area contributed by atoms with Crippen molar-refractivity contribution in [3.63, 3.8) is 0 Å². The van der Waals surface area contributed by atoms with Crippen LogP contribution in [0.25, 0.3) is 0 Å². The van der Waals surface area contributed by atoms with Gasteiger partial charge in [-0.05, 0) is 12.8 Å². The van der Waals surface area contributed by atoms with E-state index in [2.05, 4.69) is 28.6 Å². The quantitative estimate of drug-likeness (QED) is 0.127. The van der Waals surface area contributed by atoms with Crippen molar-refractivity contribution in [2.24, 2.45) is 11.5 Å². The van der Waals surface area contributed by atoms with Crippen LogP contribution >= 0.6 is 12.6 Å². The molecule has 0 radical (unpaired) electrons. The summed E-state index contributed by atoms with van der Waals surface area (Å²) in [4.78, 5) is 68.0. The van der Waals surface area contributed by atoms with Crippen molar-refractivity contribution in [3.05, 3.63) is 0 Å². The fourth-order valence-corrected chi connectivity index (χ4v) is 2.22. The number of amides is 4. The molecule has 0 spiro atoms. The Labute approximate surface area is 171 Å². The van der Waals surface area contributed by atoms with Crippen molar-refractivity contribution in [1.82, 2.24) is 16.0 Å². The summed E-state index contributed by atoms with van der Waals surface area (Å²) in [6, 6.07) is -3.65. The minimum Gasteiger partial charge on any atom is -0.481 e. The number of nitrogens with one attached hydrogen (secondary N) is 3. The molecule has 3 unspecified atom stereocenters. The molecule has 0 bridgehead atoms. The maximum Gasteiger partial charge on any atom is 0.326 e. The zero-order valence-corrected chi connectivity index (χ0v) is 16.3. The number of hydrogen-bond acceptors (Lipinski definition) is 8. The van der Waals surface area contributed by atoms with Crippen molar-refractivity contribution in [3.8, 4) is 0 Å². The SMILES string of the molecule is NC(=O)CCC(N)C(=O)NC(CS)C(=O)NCC(=O)NC(CCC(=O)O)C(=O)O. The van der Waals surface area contributed by atoms with Crippen LogP contribution in [-0.4, -0.2) is 76.2 Å². The van der Waals surface area contributed by atoms with E-state index in [1.165, 1.54) is 0 Å². The fourth-order valence-electron chi connectivity index (χ4n) is 1.96. The summed E-state index contributed by atoms with van der Waals surface area (Å²) < 4.78 is 0. The third-order valence-electron chi connectivity index (χ3n) is 3.56. The number of nitrogens with two attached hydrogens (primary N) is 2. The summed E-state index contributed by atoms with van der Waals surface area (Å²) in [7, 11) is 0. The third-order valence-corrected chi connectivity index (χ3v) is 3.92. The molecule has 0 saturated carbocycles. The first-order chi connectivity index (χ1) is 13.5. The Balaban J connectivity index is 4.57. The molecule has 0 aliphatic heterocycles. The smallest absolute Gasteiger partial charge is 0.326 e. The van der Waals surface area contributed by atoms with Crippen LogP contribution in [0, 0.1) is 0 Å². The summed E-state index contributed by atoms with van der Waals surface area (Å²) in [6.45, 7) is -0.608. The van der Waals surface area contributed by atoms with Gasteiger partial charge in [0.15, 0.2) is 0 Å². The first kappa shape index (κ1) is 26.1. The van der Waals surface area contributed by atoms with Gasteiger partial charge in [0, 0.05) is 18.6 Å². The van der Waals surface area contributed by atoms with Gasteiger partial charge in [0.25, 0.3) is 0 Å². The largest absolute Gasteiger partial charge is 0.481 e. The second kappa shape index (κ2) is 13.3. The van der Waals surface area contributed by atoms with Crippen molar-refractivity contribution < 1.29 is 39.0 Å². The molecule has 0 saturated heterocycles. The van der Waals surface area contributed by atoms with Gasteiger partial charge in [-0.25, -0.2) is 4.79 Å². The summed E-state index contributed by atoms with van der Waals surface area (Å²) in [5.41, 5.74) is 10.6. The van der Waals surface area contributed by atoms with Crippen LogP contribution in [0.3, 0.4) is 0 Å². The van der Waals surface area contributed by atoms with Crippen molar-refractivity contribution >= 4 is 48.2 Å². The lowest BCUT2D eigenvalue weighted by atomic mass is 10.1. The normalized spacial score (nSPS) is 13.4. The van der Waals surface area contributed by atoms with E-state index in [1.807, 2.05) is 0 Å². The highest BCUT2D eigenvalue weighted by Gasteiger charge is 2.24. The molecular weight excluding hydrogens is 410 g/mol. The van der Waals surface area contributed by atoms with Crippen LogP contribution in [-0.2, 0) is 28.8 Å². The summed E-state index contributed by atoms with van der Waals surface area (Å²) >= 11 is 3.93. The van der Waals surface area contributed by atoms with E-state index in [0.29, 0.717) is 0 Å². The van der Waals surface area contributed by atoms with Gasteiger partial charge in [-0.15, -0.1) is 0 Å². The number of carboxylic acid groups (broad SMARTS) is 2. The second-order valence-corrected chi connectivity index (χ2v) is 6.33. The molecule has 0 aromatic heterocycles. The Kier molecular flexibility index (Phi) is 12.0. The minimum absolute atomic E-state index is 0.0165. The zero-order chi connectivity index (χ0) is 22.6. The number of hydrogen-bond donors (Lipinski definition) is 8. The van der Waals surface area contributed by atoms with E-state index >= 15 is 0 Å². The average molecular weight is 435 g/mol. The average Bonchev–Trinajstić information content (AvgIpc) is 2.64. The van der Waals surface area contributed by atoms with Gasteiger partial charge in [0.1, 0.15) is 12.1 Å². The third kappa shape index (κ3) is 11.5. The first-order valence-corrected chi connectivity index (χ1v) is 9.07. The molecule has 0 fully saturated rings. The van der Waals surface area contributed by atoms with Gasteiger partial charge in [-0.2, -0.15) is 12.6 Å². The molecule has 29 heavy (non-hydrogen) atoms. The van der Waals surface area contributed by atoms with E-state index in [4.69, 9.17) is 21.7 Å². The molecule has 0 heterocycles. The Morgan fingerprint density at radius 2 is 1.52 bits per heavy atom. The van der Waals surface area contributed by atoms with Crippen LogP contribution in [0.15, 0.2) is 0 Å². The van der Waals surface area contributed by atoms with Crippen molar-refractivity contribution in [2.75, 3.05) is 12.3 Å². The summed E-state index contributed by atoms with van der Waals surface area (Å²) in [6.07, 6.45) is -0.924. The monoisotopic (exact) mass is 435 g/mol. The number of rotatable bonds is 14. The molecule has 0 rings (SSSR count). The molecule has 13 nitrogen and oxygen atoms in total.